The molecule has 29 heavy (non-hydrogen) atoms. The summed E-state index contributed by atoms with van der Waals surface area (Å²) in [5, 5.41) is 8.87. The van der Waals surface area contributed by atoms with Crippen LogP contribution in [0.15, 0.2) is 23.1 Å². The summed E-state index contributed by atoms with van der Waals surface area (Å²) in [7, 11) is -3.61. The van der Waals surface area contributed by atoms with Crippen molar-refractivity contribution in [3.8, 4) is 0 Å². The van der Waals surface area contributed by atoms with E-state index in [0.29, 0.717) is 11.4 Å². The lowest BCUT2D eigenvalue weighted by Gasteiger charge is -2.26. The Balaban J connectivity index is 1.74. The van der Waals surface area contributed by atoms with Crippen molar-refractivity contribution >= 4 is 10.0 Å². The number of nitrogens with zero attached hydrogens (tertiary/aromatic N) is 4. The largest absolute Gasteiger partial charge is 0.314 e. The molecule has 0 radical (unpaired) electrons. The van der Waals surface area contributed by atoms with Gasteiger partial charge < -0.3 is 4.57 Å². The molecule has 4 rings (SSSR count). The first-order valence-electron chi connectivity index (χ1n) is 10.7. The molecule has 1 aromatic heterocycles. The predicted molar refractivity (Wildman–Crippen MR) is 113 cm³/mol. The van der Waals surface area contributed by atoms with Gasteiger partial charge in [-0.1, -0.05) is 39.3 Å². The average Bonchev–Trinajstić information content (AvgIpc) is 3.22. The molecule has 2 aliphatic rings. The molecule has 6 nitrogen and oxygen atoms in total. The number of aryl methyl sites for hydroxylation is 2. The van der Waals surface area contributed by atoms with E-state index in [1.165, 1.54) is 6.42 Å². The SMILES string of the molecule is Cc1ccc(C(C)(C)C)cc1S(=O)(=O)N1CCCC1c1nnc2n1CCCCC2. The maximum Gasteiger partial charge on any atom is 0.244 e. The van der Waals surface area contributed by atoms with Gasteiger partial charge in [0.2, 0.25) is 10.0 Å². The van der Waals surface area contributed by atoms with Crippen LogP contribution in [-0.4, -0.2) is 34.0 Å². The minimum absolute atomic E-state index is 0.104. The molecule has 158 valence electrons. The molecule has 0 amide bonds. The summed E-state index contributed by atoms with van der Waals surface area (Å²) in [6.45, 7) is 9.64. The minimum atomic E-state index is -3.61. The third-order valence-electron chi connectivity index (χ3n) is 6.28. The van der Waals surface area contributed by atoms with Gasteiger partial charge in [0.25, 0.3) is 0 Å². The van der Waals surface area contributed by atoms with E-state index >= 15 is 0 Å². The molecule has 0 aliphatic carbocycles. The maximum atomic E-state index is 13.7. The summed E-state index contributed by atoms with van der Waals surface area (Å²) < 4.78 is 31.3. The van der Waals surface area contributed by atoms with Gasteiger partial charge in [0, 0.05) is 19.5 Å². The van der Waals surface area contributed by atoms with Crippen LogP contribution in [0.2, 0.25) is 0 Å². The highest BCUT2D eigenvalue weighted by Crippen LogP contribution is 2.38. The Morgan fingerprint density at radius 2 is 1.83 bits per heavy atom. The molecule has 0 saturated carbocycles. The lowest BCUT2D eigenvalue weighted by molar-refractivity contribution is 0.370. The molecule has 0 bridgehead atoms. The van der Waals surface area contributed by atoms with E-state index in [9.17, 15) is 8.42 Å². The molecule has 1 saturated heterocycles. The predicted octanol–water partition coefficient (Wildman–Crippen LogP) is 4.14. The minimum Gasteiger partial charge on any atom is -0.314 e. The van der Waals surface area contributed by atoms with Crippen LogP contribution < -0.4 is 0 Å². The fourth-order valence-electron chi connectivity index (χ4n) is 4.51. The van der Waals surface area contributed by atoms with Crippen molar-refractivity contribution in [2.24, 2.45) is 0 Å². The third-order valence-corrected chi connectivity index (χ3v) is 8.33. The summed E-state index contributed by atoms with van der Waals surface area (Å²) in [4.78, 5) is 0.424. The quantitative estimate of drug-likeness (QED) is 0.754. The van der Waals surface area contributed by atoms with Crippen LogP contribution in [0.3, 0.4) is 0 Å². The molecule has 1 unspecified atom stereocenters. The van der Waals surface area contributed by atoms with Crippen molar-refractivity contribution in [3.05, 3.63) is 41.0 Å². The number of rotatable bonds is 3. The van der Waals surface area contributed by atoms with Crippen LogP contribution in [0.5, 0.6) is 0 Å². The second kappa shape index (κ2) is 7.51. The molecule has 7 heteroatoms. The summed E-state index contributed by atoms with van der Waals surface area (Å²) in [6, 6.07) is 5.61. The number of sulfonamides is 1. The Labute approximate surface area is 174 Å². The lowest BCUT2D eigenvalue weighted by Crippen LogP contribution is -2.33. The summed E-state index contributed by atoms with van der Waals surface area (Å²) in [6.07, 6.45) is 6.00. The van der Waals surface area contributed by atoms with Crippen molar-refractivity contribution < 1.29 is 8.42 Å². The zero-order chi connectivity index (χ0) is 20.8. The van der Waals surface area contributed by atoms with E-state index in [1.807, 2.05) is 25.1 Å². The molecule has 1 aromatic carbocycles. The number of hydrogen-bond donors (Lipinski definition) is 0. The summed E-state index contributed by atoms with van der Waals surface area (Å²) >= 11 is 0. The molecule has 3 heterocycles. The molecular weight excluding hydrogens is 384 g/mol. The third kappa shape index (κ3) is 3.75. The molecule has 1 fully saturated rings. The molecule has 1 atom stereocenters. The van der Waals surface area contributed by atoms with Crippen molar-refractivity contribution in [1.29, 1.82) is 0 Å². The van der Waals surface area contributed by atoms with Gasteiger partial charge in [-0.15, -0.1) is 10.2 Å². The van der Waals surface area contributed by atoms with Crippen molar-refractivity contribution in [2.45, 2.75) is 89.1 Å². The molecule has 0 spiro atoms. The standard InChI is InChI=1S/C22H32N4O2S/c1-16-11-12-17(22(2,3)4)15-19(16)29(27,28)26-14-8-9-18(26)21-24-23-20-10-6-5-7-13-25(20)21/h11-12,15,18H,5-10,13-14H2,1-4H3. The zero-order valence-corrected chi connectivity index (χ0v) is 18.8. The first kappa shape index (κ1) is 20.5. The molecule has 0 N–H and O–H groups in total. The summed E-state index contributed by atoms with van der Waals surface area (Å²) in [5.74, 6) is 1.83. The summed E-state index contributed by atoms with van der Waals surface area (Å²) in [5.41, 5.74) is 1.73. The second-order valence-electron chi connectivity index (χ2n) is 9.44. The van der Waals surface area contributed by atoms with Gasteiger partial charge in [-0.25, -0.2) is 8.42 Å². The van der Waals surface area contributed by atoms with E-state index in [4.69, 9.17) is 0 Å². The van der Waals surface area contributed by atoms with Gasteiger partial charge in [0.15, 0.2) is 5.82 Å². The highest BCUT2D eigenvalue weighted by Gasteiger charge is 2.40. The van der Waals surface area contributed by atoms with E-state index < -0.39 is 10.0 Å². The Morgan fingerprint density at radius 3 is 2.59 bits per heavy atom. The number of aromatic nitrogens is 3. The van der Waals surface area contributed by atoms with Gasteiger partial charge in [-0.05, 0) is 55.2 Å². The zero-order valence-electron chi connectivity index (χ0n) is 18.0. The van der Waals surface area contributed by atoms with Gasteiger partial charge >= 0.3 is 0 Å². The topological polar surface area (TPSA) is 68.1 Å². The van der Waals surface area contributed by atoms with Gasteiger partial charge in [-0.3, -0.25) is 0 Å². The Bertz CT molecular complexity index is 1000. The lowest BCUT2D eigenvalue weighted by atomic mass is 9.87. The van der Waals surface area contributed by atoms with E-state index in [0.717, 1.165) is 61.4 Å². The van der Waals surface area contributed by atoms with Crippen LogP contribution in [-0.2, 0) is 28.4 Å². The Morgan fingerprint density at radius 1 is 1.03 bits per heavy atom. The highest BCUT2D eigenvalue weighted by atomic mass is 32.2. The number of benzene rings is 1. The van der Waals surface area contributed by atoms with Crippen molar-refractivity contribution in [3.63, 3.8) is 0 Å². The van der Waals surface area contributed by atoms with Crippen LogP contribution in [0.25, 0.3) is 0 Å². The molecule has 2 aliphatic heterocycles. The normalized spacial score (nSPS) is 21.2. The van der Waals surface area contributed by atoms with Gasteiger partial charge in [0.05, 0.1) is 10.9 Å². The smallest absolute Gasteiger partial charge is 0.244 e. The van der Waals surface area contributed by atoms with Crippen LogP contribution >= 0.6 is 0 Å². The van der Waals surface area contributed by atoms with Gasteiger partial charge in [0.1, 0.15) is 5.82 Å². The van der Waals surface area contributed by atoms with Crippen molar-refractivity contribution in [2.75, 3.05) is 6.54 Å². The number of fused-ring (bicyclic) bond motifs is 1. The second-order valence-corrected chi connectivity index (χ2v) is 11.3. The van der Waals surface area contributed by atoms with E-state index in [1.54, 1.807) is 4.31 Å². The Hall–Kier alpha value is -1.73. The van der Waals surface area contributed by atoms with Crippen LogP contribution in [0.1, 0.15) is 81.7 Å². The van der Waals surface area contributed by atoms with Gasteiger partial charge in [-0.2, -0.15) is 4.31 Å². The first-order valence-corrected chi connectivity index (χ1v) is 12.2. The van der Waals surface area contributed by atoms with E-state index in [-0.39, 0.29) is 11.5 Å². The average molecular weight is 417 g/mol. The van der Waals surface area contributed by atoms with Crippen molar-refractivity contribution in [1.82, 2.24) is 19.1 Å². The fraction of sp³-hybridized carbons (Fsp3) is 0.636. The van der Waals surface area contributed by atoms with E-state index in [2.05, 4.69) is 35.5 Å². The molecule has 2 aromatic rings. The Kier molecular flexibility index (Phi) is 5.32. The maximum absolute atomic E-state index is 13.7. The fourth-order valence-corrected chi connectivity index (χ4v) is 6.42. The molecular formula is C22H32N4O2S. The number of hydrogen-bond acceptors (Lipinski definition) is 4. The highest BCUT2D eigenvalue weighted by molar-refractivity contribution is 7.89. The monoisotopic (exact) mass is 416 g/mol. The van der Waals surface area contributed by atoms with Crippen LogP contribution in [0, 0.1) is 6.92 Å². The van der Waals surface area contributed by atoms with Crippen LogP contribution in [0.4, 0.5) is 0 Å². The first-order chi connectivity index (χ1) is 13.7.